The van der Waals surface area contributed by atoms with Crippen molar-refractivity contribution >= 4 is 34.5 Å². The number of rotatable bonds is 6. The number of hydrogen-bond donors (Lipinski definition) is 1. The molecule has 168 valence electrons. The molecule has 10 heteroatoms. The van der Waals surface area contributed by atoms with E-state index in [-0.39, 0.29) is 5.91 Å². The number of thioether (sulfide) groups is 1. The van der Waals surface area contributed by atoms with Crippen LogP contribution in [0.5, 0.6) is 0 Å². The molecule has 1 aliphatic carbocycles. The molecule has 0 spiro atoms. The molecule has 1 aliphatic heterocycles. The Morgan fingerprint density at radius 2 is 1.82 bits per heavy atom. The molecule has 6 rings (SSSR count). The average molecular weight is 461 g/mol. The molecule has 33 heavy (non-hydrogen) atoms. The van der Waals surface area contributed by atoms with Crippen molar-refractivity contribution < 1.29 is 4.79 Å². The van der Waals surface area contributed by atoms with Crippen molar-refractivity contribution in [1.82, 2.24) is 34.6 Å². The Labute approximate surface area is 195 Å². The molecule has 4 heterocycles. The highest BCUT2D eigenvalue weighted by Gasteiger charge is 2.31. The third-order valence-electron chi connectivity index (χ3n) is 6.20. The summed E-state index contributed by atoms with van der Waals surface area (Å²) in [4.78, 5) is 28.9. The lowest BCUT2D eigenvalue weighted by atomic mass is 10.1. The fourth-order valence-corrected chi connectivity index (χ4v) is 5.21. The summed E-state index contributed by atoms with van der Waals surface area (Å²) in [6.07, 6.45) is 7.74. The molecule has 1 aromatic carbocycles. The predicted molar refractivity (Wildman–Crippen MR) is 127 cm³/mol. The maximum Gasteiger partial charge on any atom is 0.233 e. The van der Waals surface area contributed by atoms with Crippen molar-refractivity contribution in [1.29, 1.82) is 0 Å². The summed E-state index contributed by atoms with van der Waals surface area (Å²) in [5, 5.41) is 11.0. The van der Waals surface area contributed by atoms with E-state index in [4.69, 9.17) is 0 Å². The lowest BCUT2D eigenvalue weighted by Gasteiger charge is -2.34. The third-order valence-corrected chi connectivity index (χ3v) is 7.13. The number of nitrogens with one attached hydrogen (secondary N) is 1. The SMILES string of the molecule is O=C(CSc1nnc(-c2c[nH]c3ccccc23)n1C1CC1)N1CCN(c2ncccn2)CC1. The number of piperazine rings is 1. The van der Waals surface area contributed by atoms with Crippen molar-refractivity contribution in [2.24, 2.45) is 0 Å². The normalized spacial score (nSPS) is 16.5. The van der Waals surface area contributed by atoms with Crippen LogP contribution in [0.4, 0.5) is 5.95 Å². The zero-order chi connectivity index (χ0) is 22.2. The number of aromatic nitrogens is 6. The smallest absolute Gasteiger partial charge is 0.233 e. The van der Waals surface area contributed by atoms with E-state index in [1.807, 2.05) is 29.3 Å². The van der Waals surface area contributed by atoms with Crippen molar-refractivity contribution in [3.05, 3.63) is 48.9 Å². The molecule has 2 fully saturated rings. The van der Waals surface area contributed by atoms with Crippen molar-refractivity contribution in [2.75, 3.05) is 36.8 Å². The summed E-state index contributed by atoms with van der Waals surface area (Å²) in [6.45, 7) is 2.83. The number of para-hydroxylation sites is 1. The van der Waals surface area contributed by atoms with E-state index >= 15 is 0 Å². The zero-order valence-corrected chi connectivity index (χ0v) is 18.9. The fourth-order valence-electron chi connectivity index (χ4n) is 4.31. The number of aromatic amines is 1. The number of benzene rings is 1. The lowest BCUT2D eigenvalue weighted by Crippen LogP contribution is -2.49. The molecule has 1 amide bonds. The molecule has 4 aromatic rings. The second-order valence-corrected chi connectivity index (χ2v) is 9.30. The van der Waals surface area contributed by atoms with Gasteiger partial charge in [0.25, 0.3) is 0 Å². The molecule has 3 aromatic heterocycles. The first-order chi connectivity index (χ1) is 16.3. The van der Waals surface area contributed by atoms with E-state index in [9.17, 15) is 4.79 Å². The van der Waals surface area contributed by atoms with Gasteiger partial charge in [-0.1, -0.05) is 30.0 Å². The van der Waals surface area contributed by atoms with Crippen LogP contribution in [0.25, 0.3) is 22.3 Å². The summed E-state index contributed by atoms with van der Waals surface area (Å²) < 4.78 is 2.22. The van der Waals surface area contributed by atoms with Gasteiger partial charge in [-0.05, 0) is 25.0 Å². The number of carbonyl (C=O) groups is 1. The molecule has 2 aliphatic rings. The Bertz CT molecular complexity index is 1270. The highest BCUT2D eigenvalue weighted by atomic mass is 32.2. The van der Waals surface area contributed by atoms with Crippen LogP contribution in [-0.2, 0) is 4.79 Å². The largest absolute Gasteiger partial charge is 0.360 e. The topological polar surface area (TPSA) is 95.8 Å². The summed E-state index contributed by atoms with van der Waals surface area (Å²) in [6, 6.07) is 10.4. The quantitative estimate of drug-likeness (QED) is 0.442. The number of anilines is 1. The molecule has 0 atom stereocenters. The van der Waals surface area contributed by atoms with E-state index < -0.39 is 0 Å². The average Bonchev–Trinajstić information content (AvgIpc) is 3.48. The summed E-state index contributed by atoms with van der Waals surface area (Å²) in [5.41, 5.74) is 2.14. The number of carbonyl (C=O) groups excluding carboxylic acids is 1. The molecule has 1 N–H and O–H groups in total. The van der Waals surface area contributed by atoms with Gasteiger partial charge in [-0.25, -0.2) is 9.97 Å². The molecule has 1 saturated heterocycles. The van der Waals surface area contributed by atoms with E-state index in [1.165, 1.54) is 11.8 Å². The first kappa shape index (κ1) is 20.2. The maximum absolute atomic E-state index is 12.9. The Balaban J connectivity index is 1.14. The van der Waals surface area contributed by atoms with E-state index in [0.29, 0.717) is 24.9 Å². The van der Waals surface area contributed by atoms with Gasteiger partial charge in [0.1, 0.15) is 0 Å². The Morgan fingerprint density at radius 3 is 2.61 bits per heavy atom. The van der Waals surface area contributed by atoms with Crippen LogP contribution in [-0.4, -0.2) is 72.5 Å². The Morgan fingerprint density at radius 1 is 1.03 bits per heavy atom. The second-order valence-electron chi connectivity index (χ2n) is 8.36. The predicted octanol–water partition coefficient (Wildman–Crippen LogP) is 2.99. The van der Waals surface area contributed by atoms with E-state index in [1.54, 1.807) is 12.4 Å². The van der Waals surface area contributed by atoms with Crippen molar-refractivity contribution in [3.63, 3.8) is 0 Å². The van der Waals surface area contributed by atoms with Gasteiger partial charge in [0.2, 0.25) is 11.9 Å². The Hall–Kier alpha value is -3.40. The van der Waals surface area contributed by atoms with E-state index in [0.717, 1.165) is 59.3 Å². The minimum atomic E-state index is 0.132. The molecular formula is C23H24N8OS. The van der Waals surface area contributed by atoms with E-state index in [2.05, 4.69) is 46.7 Å². The van der Waals surface area contributed by atoms with Crippen LogP contribution >= 0.6 is 11.8 Å². The maximum atomic E-state index is 12.9. The monoisotopic (exact) mass is 460 g/mol. The van der Waals surface area contributed by atoms with Gasteiger partial charge >= 0.3 is 0 Å². The molecule has 0 radical (unpaired) electrons. The second kappa shape index (κ2) is 8.51. The Kier molecular flexibility index (Phi) is 5.21. The standard InChI is InChI=1S/C23H24N8OS/c32-20(29-10-12-30(13-11-29)22-24-8-3-9-25-22)15-33-23-28-27-21(31(23)16-6-7-16)18-14-26-19-5-2-1-4-17(18)19/h1-5,8-9,14,16,26H,6-7,10-13,15H2. The van der Waals surface area contributed by atoms with Gasteiger partial charge in [-0.15, -0.1) is 10.2 Å². The van der Waals surface area contributed by atoms with Crippen LogP contribution in [0.15, 0.2) is 54.1 Å². The molecule has 9 nitrogen and oxygen atoms in total. The first-order valence-electron chi connectivity index (χ1n) is 11.2. The van der Waals surface area contributed by atoms with Gasteiger partial charge in [-0.2, -0.15) is 0 Å². The minimum Gasteiger partial charge on any atom is -0.360 e. The van der Waals surface area contributed by atoms with Crippen LogP contribution in [0.1, 0.15) is 18.9 Å². The van der Waals surface area contributed by atoms with Gasteiger partial charge in [0.15, 0.2) is 11.0 Å². The van der Waals surface area contributed by atoms with Crippen LogP contribution in [0, 0.1) is 0 Å². The first-order valence-corrected chi connectivity index (χ1v) is 12.2. The molecule has 0 bridgehead atoms. The van der Waals surface area contributed by atoms with Gasteiger partial charge in [0.05, 0.1) is 5.75 Å². The lowest BCUT2D eigenvalue weighted by molar-refractivity contribution is -0.128. The highest BCUT2D eigenvalue weighted by Crippen LogP contribution is 2.42. The molecular weight excluding hydrogens is 436 g/mol. The zero-order valence-electron chi connectivity index (χ0n) is 18.1. The van der Waals surface area contributed by atoms with Gasteiger partial charge < -0.3 is 14.8 Å². The molecule has 0 unspecified atom stereocenters. The van der Waals surface area contributed by atoms with Gasteiger partial charge in [0, 0.05) is 67.3 Å². The molecule has 1 saturated carbocycles. The highest BCUT2D eigenvalue weighted by molar-refractivity contribution is 7.99. The summed E-state index contributed by atoms with van der Waals surface area (Å²) >= 11 is 1.49. The van der Waals surface area contributed by atoms with Crippen molar-refractivity contribution in [3.8, 4) is 11.4 Å². The minimum absolute atomic E-state index is 0.132. The summed E-state index contributed by atoms with van der Waals surface area (Å²) in [5.74, 6) is 2.09. The van der Waals surface area contributed by atoms with Gasteiger partial charge in [-0.3, -0.25) is 9.36 Å². The number of hydrogen-bond acceptors (Lipinski definition) is 7. The van der Waals surface area contributed by atoms with Crippen LogP contribution in [0.3, 0.4) is 0 Å². The number of amides is 1. The number of nitrogens with zero attached hydrogens (tertiary/aromatic N) is 7. The van der Waals surface area contributed by atoms with Crippen LogP contribution in [0.2, 0.25) is 0 Å². The summed E-state index contributed by atoms with van der Waals surface area (Å²) in [7, 11) is 0. The number of H-pyrrole nitrogens is 1. The van der Waals surface area contributed by atoms with Crippen LogP contribution < -0.4 is 4.90 Å². The fraction of sp³-hybridized carbons (Fsp3) is 0.348. The number of fused-ring (bicyclic) bond motifs is 1. The van der Waals surface area contributed by atoms with Crippen molar-refractivity contribution in [2.45, 2.75) is 24.0 Å². The third kappa shape index (κ3) is 3.95.